The summed E-state index contributed by atoms with van der Waals surface area (Å²) in [6.07, 6.45) is 2.32. The minimum absolute atomic E-state index is 0.864. The predicted molar refractivity (Wildman–Crippen MR) is 69.1 cm³/mol. The first-order valence-electron chi connectivity index (χ1n) is 5.13. The molecule has 0 atom stereocenters. The lowest BCUT2D eigenvalue weighted by Crippen LogP contribution is -2.07. The van der Waals surface area contributed by atoms with Gasteiger partial charge in [-0.3, -0.25) is 0 Å². The van der Waals surface area contributed by atoms with Gasteiger partial charge in [-0.15, -0.1) is 11.3 Å². The van der Waals surface area contributed by atoms with E-state index in [1.54, 1.807) is 0 Å². The lowest BCUT2D eigenvalue weighted by molar-refractivity contribution is 0.729. The molecule has 0 radical (unpaired) electrons. The third-order valence-corrected chi connectivity index (χ3v) is 3.90. The Morgan fingerprint density at radius 2 is 2.27 bits per heavy atom. The van der Waals surface area contributed by atoms with Gasteiger partial charge in [0.15, 0.2) is 0 Å². The molecule has 0 aliphatic carbocycles. The van der Waals surface area contributed by atoms with Crippen LogP contribution in [0.2, 0.25) is 5.02 Å². The van der Waals surface area contributed by atoms with Crippen LogP contribution >= 0.6 is 22.9 Å². The second-order valence-corrected chi connectivity index (χ2v) is 5.15. The lowest BCUT2D eigenvalue weighted by atomic mass is 10.2. The fraction of sp³-hybridized carbons (Fsp3) is 0.333. The molecule has 1 aromatic heterocycles. The molecule has 0 fully saturated rings. The highest BCUT2D eigenvalue weighted by Gasteiger charge is 2.04. The molecular formula is C12H14ClNS. The first-order chi connectivity index (χ1) is 7.31. The molecule has 0 saturated carbocycles. The van der Waals surface area contributed by atoms with Gasteiger partial charge >= 0.3 is 0 Å². The SMILES string of the molecule is CNCCCc1cc2c(Cl)cccc2s1. The van der Waals surface area contributed by atoms with E-state index in [2.05, 4.69) is 17.4 Å². The Labute approximate surface area is 99.1 Å². The Morgan fingerprint density at radius 3 is 3.00 bits per heavy atom. The molecule has 0 amide bonds. The third kappa shape index (κ3) is 2.51. The van der Waals surface area contributed by atoms with Crippen LogP contribution in [0.1, 0.15) is 11.3 Å². The highest BCUT2D eigenvalue weighted by molar-refractivity contribution is 7.19. The van der Waals surface area contributed by atoms with E-state index in [0.29, 0.717) is 0 Å². The van der Waals surface area contributed by atoms with E-state index < -0.39 is 0 Å². The number of thiophene rings is 1. The first-order valence-corrected chi connectivity index (χ1v) is 6.32. The Kier molecular flexibility index (Phi) is 3.62. The number of rotatable bonds is 4. The number of hydrogen-bond acceptors (Lipinski definition) is 2. The smallest absolute Gasteiger partial charge is 0.0492 e. The highest BCUT2D eigenvalue weighted by Crippen LogP contribution is 2.31. The van der Waals surface area contributed by atoms with Crippen molar-refractivity contribution in [3.63, 3.8) is 0 Å². The number of halogens is 1. The van der Waals surface area contributed by atoms with Crippen molar-refractivity contribution in [3.8, 4) is 0 Å². The van der Waals surface area contributed by atoms with Gasteiger partial charge in [-0.1, -0.05) is 17.7 Å². The van der Waals surface area contributed by atoms with Gasteiger partial charge in [0.2, 0.25) is 0 Å². The zero-order valence-corrected chi connectivity index (χ0v) is 10.3. The molecule has 0 aliphatic rings. The highest BCUT2D eigenvalue weighted by atomic mass is 35.5. The molecule has 0 aliphatic heterocycles. The summed E-state index contributed by atoms with van der Waals surface area (Å²) in [7, 11) is 1.99. The van der Waals surface area contributed by atoms with Gasteiger partial charge < -0.3 is 5.32 Å². The maximum Gasteiger partial charge on any atom is 0.0492 e. The van der Waals surface area contributed by atoms with Crippen LogP contribution in [-0.2, 0) is 6.42 Å². The number of fused-ring (bicyclic) bond motifs is 1. The summed E-state index contributed by atoms with van der Waals surface area (Å²) in [4.78, 5) is 1.42. The molecule has 3 heteroatoms. The van der Waals surface area contributed by atoms with Gasteiger partial charge in [0.05, 0.1) is 0 Å². The topological polar surface area (TPSA) is 12.0 Å². The molecule has 0 saturated heterocycles. The largest absolute Gasteiger partial charge is 0.320 e. The molecule has 2 aromatic rings. The van der Waals surface area contributed by atoms with Gasteiger partial charge in [0, 0.05) is 20.0 Å². The van der Waals surface area contributed by atoms with E-state index in [4.69, 9.17) is 11.6 Å². The van der Waals surface area contributed by atoms with E-state index in [1.165, 1.54) is 21.4 Å². The van der Waals surface area contributed by atoms with E-state index in [-0.39, 0.29) is 0 Å². The summed E-state index contributed by atoms with van der Waals surface area (Å²) in [6.45, 7) is 1.07. The molecule has 1 aromatic carbocycles. The van der Waals surface area contributed by atoms with Crippen LogP contribution in [0.3, 0.4) is 0 Å². The second-order valence-electron chi connectivity index (χ2n) is 3.57. The van der Waals surface area contributed by atoms with Crippen molar-refractivity contribution in [2.24, 2.45) is 0 Å². The number of nitrogens with one attached hydrogen (secondary N) is 1. The Balaban J connectivity index is 2.20. The van der Waals surface area contributed by atoms with E-state index in [9.17, 15) is 0 Å². The molecule has 0 spiro atoms. The maximum absolute atomic E-state index is 6.13. The van der Waals surface area contributed by atoms with Crippen molar-refractivity contribution < 1.29 is 0 Å². The van der Waals surface area contributed by atoms with Gasteiger partial charge in [0.25, 0.3) is 0 Å². The fourth-order valence-electron chi connectivity index (χ4n) is 1.64. The van der Waals surface area contributed by atoms with Crippen LogP contribution in [0, 0.1) is 0 Å². The van der Waals surface area contributed by atoms with Gasteiger partial charge in [-0.2, -0.15) is 0 Å². The quantitative estimate of drug-likeness (QED) is 0.803. The van der Waals surface area contributed by atoms with Crippen LogP contribution in [0.5, 0.6) is 0 Å². The van der Waals surface area contributed by atoms with Crippen LogP contribution < -0.4 is 5.32 Å². The monoisotopic (exact) mass is 239 g/mol. The molecular weight excluding hydrogens is 226 g/mol. The standard InChI is InChI=1S/C12H14ClNS/c1-14-7-3-4-9-8-10-11(13)5-2-6-12(10)15-9/h2,5-6,8,14H,3-4,7H2,1H3. The average Bonchev–Trinajstić information content (AvgIpc) is 2.63. The zero-order valence-electron chi connectivity index (χ0n) is 8.72. The second kappa shape index (κ2) is 4.97. The summed E-state index contributed by atoms with van der Waals surface area (Å²) in [5, 5.41) is 5.22. The first kappa shape index (κ1) is 10.9. The van der Waals surface area contributed by atoms with Crippen LogP contribution in [0.25, 0.3) is 10.1 Å². The summed E-state index contributed by atoms with van der Waals surface area (Å²) in [6, 6.07) is 8.32. The molecule has 15 heavy (non-hydrogen) atoms. The lowest BCUT2D eigenvalue weighted by Gasteiger charge is -1.95. The molecule has 1 nitrogen and oxygen atoms in total. The molecule has 1 N–H and O–H groups in total. The summed E-state index contributed by atoms with van der Waals surface area (Å²) >= 11 is 7.98. The molecule has 0 unspecified atom stereocenters. The number of aryl methyl sites for hydroxylation is 1. The third-order valence-electron chi connectivity index (χ3n) is 2.41. The van der Waals surface area contributed by atoms with Crippen molar-refractivity contribution >= 4 is 33.0 Å². The van der Waals surface area contributed by atoms with Crippen molar-refractivity contribution in [1.29, 1.82) is 0 Å². The Hall–Kier alpha value is -0.570. The summed E-state index contributed by atoms with van der Waals surface area (Å²) in [5.74, 6) is 0. The molecule has 1 heterocycles. The van der Waals surface area contributed by atoms with E-state index in [0.717, 1.165) is 18.0 Å². The van der Waals surface area contributed by atoms with Crippen molar-refractivity contribution in [2.45, 2.75) is 12.8 Å². The van der Waals surface area contributed by atoms with Gasteiger partial charge in [0.1, 0.15) is 0 Å². The average molecular weight is 240 g/mol. The van der Waals surface area contributed by atoms with Crippen molar-refractivity contribution in [2.75, 3.05) is 13.6 Å². The van der Waals surface area contributed by atoms with E-state index in [1.807, 2.05) is 30.5 Å². The van der Waals surface area contributed by atoms with Crippen LogP contribution in [-0.4, -0.2) is 13.6 Å². The Morgan fingerprint density at radius 1 is 1.40 bits per heavy atom. The van der Waals surface area contributed by atoms with Gasteiger partial charge in [-0.05, 0) is 44.6 Å². The van der Waals surface area contributed by atoms with Gasteiger partial charge in [-0.25, -0.2) is 0 Å². The van der Waals surface area contributed by atoms with Crippen molar-refractivity contribution in [3.05, 3.63) is 34.2 Å². The molecule has 0 bridgehead atoms. The Bertz CT molecular complexity index is 450. The molecule has 2 rings (SSSR count). The number of benzene rings is 1. The minimum Gasteiger partial charge on any atom is -0.320 e. The maximum atomic E-state index is 6.13. The van der Waals surface area contributed by atoms with Crippen LogP contribution in [0.15, 0.2) is 24.3 Å². The van der Waals surface area contributed by atoms with Crippen molar-refractivity contribution in [1.82, 2.24) is 5.32 Å². The van der Waals surface area contributed by atoms with Crippen LogP contribution in [0.4, 0.5) is 0 Å². The summed E-state index contributed by atoms with van der Waals surface area (Å²) in [5.41, 5.74) is 0. The fourth-order valence-corrected chi connectivity index (χ4v) is 3.06. The van der Waals surface area contributed by atoms with E-state index >= 15 is 0 Å². The zero-order chi connectivity index (χ0) is 10.7. The number of hydrogen-bond donors (Lipinski definition) is 1. The normalized spacial score (nSPS) is 11.1. The summed E-state index contributed by atoms with van der Waals surface area (Å²) < 4.78 is 1.29. The minimum atomic E-state index is 0.864. The predicted octanol–water partition coefficient (Wildman–Crippen LogP) is 3.71. The molecule has 80 valence electrons.